The third kappa shape index (κ3) is 3.12. The molecular formula is C21H23N5O. The van der Waals surface area contributed by atoms with Gasteiger partial charge in [0, 0.05) is 24.5 Å². The molecule has 138 valence electrons. The van der Waals surface area contributed by atoms with Crippen LogP contribution in [0, 0.1) is 19.3 Å². The zero-order chi connectivity index (χ0) is 19.2. The number of nitrogens with zero attached hydrogens (tertiary/aromatic N) is 4. The number of aromatic nitrogens is 4. The van der Waals surface area contributed by atoms with Crippen LogP contribution in [-0.2, 0) is 6.42 Å². The second kappa shape index (κ2) is 6.30. The average Bonchev–Trinajstić information content (AvgIpc) is 2.97. The minimum atomic E-state index is -0.118. The van der Waals surface area contributed by atoms with E-state index >= 15 is 0 Å². The Hall–Kier alpha value is -3.02. The average molecular weight is 361 g/mol. The summed E-state index contributed by atoms with van der Waals surface area (Å²) in [6.45, 7) is 8.34. The van der Waals surface area contributed by atoms with Gasteiger partial charge in [0.25, 0.3) is 5.95 Å². The van der Waals surface area contributed by atoms with E-state index in [1.54, 1.807) is 23.1 Å². The smallest absolute Gasteiger partial charge is 0.250 e. The zero-order valence-corrected chi connectivity index (χ0v) is 16.1. The van der Waals surface area contributed by atoms with Crippen LogP contribution in [0.15, 0.2) is 36.7 Å². The molecule has 6 heteroatoms. The maximum absolute atomic E-state index is 13.0. The molecule has 4 rings (SSSR count). The minimum Gasteiger partial charge on any atom is -0.338 e. The van der Waals surface area contributed by atoms with Crippen molar-refractivity contribution in [1.29, 1.82) is 0 Å². The van der Waals surface area contributed by atoms with E-state index in [9.17, 15) is 4.79 Å². The highest BCUT2D eigenvalue weighted by molar-refractivity contribution is 6.03. The van der Waals surface area contributed by atoms with Gasteiger partial charge in [-0.05, 0) is 48.9 Å². The van der Waals surface area contributed by atoms with Gasteiger partial charge in [0.05, 0.1) is 11.3 Å². The Bertz CT molecular complexity index is 1020. The van der Waals surface area contributed by atoms with Crippen LogP contribution in [0.4, 0.5) is 11.5 Å². The Morgan fingerprint density at radius 1 is 1.07 bits per heavy atom. The molecule has 0 fully saturated rings. The number of hydrogen-bond donors (Lipinski definition) is 1. The molecule has 0 saturated heterocycles. The van der Waals surface area contributed by atoms with E-state index in [0.717, 1.165) is 23.4 Å². The first-order valence-electron chi connectivity index (χ1n) is 9.11. The lowest BCUT2D eigenvalue weighted by molar-refractivity contribution is 0.0911. The highest BCUT2D eigenvalue weighted by atomic mass is 16.1. The first-order valence-corrected chi connectivity index (χ1v) is 9.11. The summed E-state index contributed by atoms with van der Waals surface area (Å²) in [7, 11) is 0. The van der Waals surface area contributed by atoms with Crippen LogP contribution in [0.1, 0.15) is 47.4 Å². The molecule has 0 radical (unpaired) electrons. The number of fused-ring (bicyclic) bond motifs is 1. The predicted molar refractivity (Wildman–Crippen MR) is 105 cm³/mol. The summed E-state index contributed by atoms with van der Waals surface area (Å²) in [5.74, 6) is 1.16. The zero-order valence-electron chi connectivity index (χ0n) is 16.1. The van der Waals surface area contributed by atoms with Crippen molar-refractivity contribution in [2.24, 2.45) is 5.41 Å². The Kier molecular flexibility index (Phi) is 4.06. The Morgan fingerprint density at radius 2 is 1.81 bits per heavy atom. The molecule has 0 unspecified atom stereocenters. The van der Waals surface area contributed by atoms with Crippen LogP contribution in [0.25, 0.3) is 5.95 Å². The first-order chi connectivity index (χ1) is 12.9. The summed E-state index contributed by atoms with van der Waals surface area (Å²) in [5.41, 5.74) is 4.69. The molecule has 2 heterocycles. The van der Waals surface area contributed by atoms with Crippen molar-refractivity contribution in [2.75, 3.05) is 5.32 Å². The van der Waals surface area contributed by atoms with Gasteiger partial charge in [0.15, 0.2) is 11.6 Å². The Labute approximate surface area is 158 Å². The predicted octanol–water partition coefficient (Wildman–Crippen LogP) is 4.18. The SMILES string of the molecule is Cc1cccc(Nc2nn(-c3ncccn3)c3c2C(=O)CC(C)(C)C3)c1C. The standard InChI is InChI=1S/C21H23N5O/c1-13-7-5-8-15(14(13)2)24-19-18-16(11-21(3,4)12-17(18)27)26(25-19)20-22-9-6-10-23-20/h5-10H,11-12H2,1-4H3,(H,24,25). The summed E-state index contributed by atoms with van der Waals surface area (Å²) in [5, 5.41) is 8.08. The maximum atomic E-state index is 13.0. The van der Waals surface area contributed by atoms with Crippen molar-refractivity contribution in [1.82, 2.24) is 19.7 Å². The van der Waals surface area contributed by atoms with E-state index in [-0.39, 0.29) is 11.2 Å². The van der Waals surface area contributed by atoms with Gasteiger partial charge < -0.3 is 5.32 Å². The van der Waals surface area contributed by atoms with Crippen molar-refractivity contribution in [3.8, 4) is 5.95 Å². The van der Waals surface area contributed by atoms with Crippen molar-refractivity contribution in [2.45, 2.75) is 40.5 Å². The molecule has 0 amide bonds. The van der Waals surface area contributed by atoms with Gasteiger partial charge >= 0.3 is 0 Å². The van der Waals surface area contributed by atoms with Crippen LogP contribution in [0.5, 0.6) is 0 Å². The molecule has 0 saturated carbocycles. The van der Waals surface area contributed by atoms with Gasteiger partial charge in [0.1, 0.15) is 0 Å². The summed E-state index contributed by atoms with van der Waals surface area (Å²) in [4.78, 5) is 21.6. The first kappa shape index (κ1) is 17.4. The number of ketones is 1. The number of Topliss-reactive ketones (excluding diaryl/α,β-unsaturated/α-hetero) is 1. The molecule has 0 bridgehead atoms. The number of benzene rings is 1. The molecule has 0 aliphatic heterocycles. The normalized spacial score (nSPS) is 15.5. The summed E-state index contributed by atoms with van der Waals surface area (Å²) in [6, 6.07) is 7.84. The summed E-state index contributed by atoms with van der Waals surface area (Å²) >= 11 is 0. The molecule has 1 aromatic carbocycles. The number of aryl methyl sites for hydroxylation is 1. The number of anilines is 2. The fourth-order valence-corrected chi connectivity index (χ4v) is 3.62. The number of carbonyl (C=O) groups is 1. The van der Waals surface area contributed by atoms with E-state index in [0.29, 0.717) is 23.8 Å². The van der Waals surface area contributed by atoms with Crippen LogP contribution in [0.2, 0.25) is 0 Å². The molecule has 2 aromatic heterocycles. The van der Waals surface area contributed by atoms with Crippen molar-refractivity contribution < 1.29 is 4.79 Å². The van der Waals surface area contributed by atoms with Gasteiger partial charge in [-0.2, -0.15) is 0 Å². The van der Waals surface area contributed by atoms with E-state index in [4.69, 9.17) is 5.10 Å². The highest BCUT2D eigenvalue weighted by Gasteiger charge is 2.37. The van der Waals surface area contributed by atoms with Crippen LogP contribution in [-0.4, -0.2) is 25.5 Å². The van der Waals surface area contributed by atoms with E-state index in [2.05, 4.69) is 49.0 Å². The highest BCUT2D eigenvalue weighted by Crippen LogP contribution is 2.39. The largest absolute Gasteiger partial charge is 0.338 e. The van der Waals surface area contributed by atoms with Crippen molar-refractivity contribution >= 4 is 17.3 Å². The van der Waals surface area contributed by atoms with Crippen molar-refractivity contribution in [3.63, 3.8) is 0 Å². The second-order valence-electron chi connectivity index (χ2n) is 7.94. The number of carbonyl (C=O) groups excluding carboxylic acids is 1. The monoisotopic (exact) mass is 361 g/mol. The quantitative estimate of drug-likeness (QED) is 0.758. The Balaban J connectivity index is 1.87. The molecule has 6 nitrogen and oxygen atoms in total. The van der Waals surface area contributed by atoms with E-state index < -0.39 is 0 Å². The minimum absolute atomic E-state index is 0.108. The molecule has 27 heavy (non-hydrogen) atoms. The van der Waals surface area contributed by atoms with Crippen LogP contribution in [0.3, 0.4) is 0 Å². The molecule has 1 aliphatic carbocycles. The molecular weight excluding hydrogens is 338 g/mol. The van der Waals surface area contributed by atoms with E-state index in [1.807, 2.05) is 12.1 Å². The van der Waals surface area contributed by atoms with Crippen LogP contribution < -0.4 is 5.32 Å². The number of hydrogen-bond acceptors (Lipinski definition) is 5. The molecule has 0 atom stereocenters. The molecule has 1 N–H and O–H groups in total. The third-order valence-corrected chi connectivity index (χ3v) is 5.14. The summed E-state index contributed by atoms with van der Waals surface area (Å²) < 4.78 is 1.71. The van der Waals surface area contributed by atoms with E-state index in [1.165, 1.54) is 5.56 Å². The van der Waals surface area contributed by atoms with Gasteiger partial charge in [-0.1, -0.05) is 26.0 Å². The second-order valence-corrected chi connectivity index (χ2v) is 7.94. The van der Waals surface area contributed by atoms with Gasteiger partial charge in [-0.25, -0.2) is 14.6 Å². The maximum Gasteiger partial charge on any atom is 0.250 e. The lowest BCUT2D eigenvalue weighted by Crippen LogP contribution is -2.28. The number of rotatable bonds is 3. The molecule has 0 spiro atoms. The third-order valence-electron chi connectivity index (χ3n) is 5.14. The Morgan fingerprint density at radius 3 is 2.56 bits per heavy atom. The molecule has 1 aliphatic rings. The topological polar surface area (TPSA) is 72.7 Å². The van der Waals surface area contributed by atoms with Gasteiger partial charge in [0.2, 0.25) is 0 Å². The lowest BCUT2D eigenvalue weighted by atomic mass is 9.76. The fourth-order valence-electron chi connectivity index (χ4n) is 3.62. The van der Waals surface area contributed by atoms with Gasteiger partial charge in [-0.3, -0.25) is 4.79 Å². The van der Waals surface area contributed by atoms with Crippen molar-refractivity contribution in [3.05, 3.63) is 59.0 Å². The lowest BCUT2D eigenvalue weighted by Gasteiger charge is -2.28. The summed E-state index contributed by atoms with van der Waals surface area (Å²) in [6.07, 6.45) is 4.62. The molecule has 3 aromatic rings. The number of nitrogens with one attached hydrogen (secondary N) is 1. The van der Waals surface area contributed by atoms with Gasteiger partial charge in [-0.15, -0.1) is 5.10 Å². The van der Waals surface area contributed by atoms with Crippen LogP contribution >= 0.6 is 0 Å². The fraction of sp³-hybridized carbons (Fsp3) is 0.333.